The quantitative estimate of drug-likeness (QED) is 0.906. The molecular weight excluding hydrogens is 318 g/mol. The maximum absolute atomic E-state index is 12.7. The lowest BCUT2D eigenvalue weighted by Crippen LogP contribution is -2.45. The van der Waals surface area contributed by atoms with E-state index in [0.29, 0.717) is 6.54 Å². The number of carbonyl (C=O) groups is 1. The van der Waals surface area contributed by atoms with Gasteiger partial charge in [0.2, 0.25) is 0 Å². The van der Waals surface area contributed by atoms with Crippen LogP contribution in [0.15, 0.2) is 41.0 Å². The first-order valence-corrected chi connectivity index (χ1v) is 8.52. The van der Waals surface area contributed by atoms with Gasteiger partial charge in [-0.1, -0.05) is 0 Å². The average Bonchev–Trinajstić information content (AvgIpc) is 3.14. The zero-order chi connectivity index (χ0) is 17.8. The van der Waals surface area contributed by atoms with Gasteiger partial charge in [0.1, 0.15) is 11.5 Å². The van der Waals surface area contributed by atoms with Crippen LogP contribution in [0.4, 0.5) is 10.5 Å². The number of fused-ring (bicyclic) bond motifs is 1. The molecular formula is C19H25N3O3. The van der Waals surface area contributed by atoms with Gasteiger partial charge in [0.25, 0.3) is 0 Å². The average molecular weight is 343 g/mol. The number of nitrogens with zero attached hydrogens (tertiary/aromatic N) is 2. The largest absolute Gasteiger partial charge is 0.497 e. The highest BCUT2D eigenvalue weighted by atomic mass is 16.5. The Morgan fingerprint density at radius 2 is 2.24 bits per heavy atom. The van der Waals surface area contributed by atoms with Crippen molar-refractivity contribution in [1.82, 2.24) is 10.2 Å². The summed E-state index contributed by atoms with van der Waals surface area (Å²) in [5, 5.41) is 3.05. The number of rotatable bonds is 5. The molecule has 0 saturated heterocycles. The van der Waals surface area contributed by atoms with Gasteiger partial charge in [-0.15, -0.1) is 0 Å². The van der Waals surface area contributed by atoms with Crippen molar-refractivity contribution >= 4 is 11.7 Å². The summed E-state index contributed by atoms with van der Waals surface area (Å²) >= 11 is 0. The van der Waals surface area contributed by atoms with Gasteiger partial charge in [0.05, 0.1) is 19.4 Å². The molecule has 1 aromatic carbocycles. The third-order valence-corrected chi connectivity index (χ3v) is 4.59. The standard InChI is InChI=1S/C19H25N3O3/c1-21(2)17(18-7-5-11-25-18)13-20-19(23)22-10-4-6-14-12-15(24-3)8-9-16(14)22/h5,7-9,11-12,17H,4,6,10,13H2,1-3H3,(H,20,23)/t17-/m1/s1. The highest BCUT2D eigenvalue weighted by molar-refractivity contribution is 5.93. The molecule has 0 unspecified atom stereocenters. The third-order valence-electron chi connectivity index (χ3n) is 4.59. The van der Waals surface area contributed by atoms with Crippen LogP contribution in [0.5, 0.6) is 5.75 Å². The summed E-state index contributed by atoms with van der Waals surface area (Å²) in [5.74, 6) is 1.67. The zero-order valence-corrected chi connectivity index (χ0v) is 15.0. The fraction of sp³-hybridized carbons (Fsp3) is 0.421. The molecule has 0 spiro atoms. The minimum Gasteiger partial charge on any atom is -0.497 e. The van der Waals surface area contributed by atoms with E-state index in [0.717, 1.165) is 42.1 Å². The Morgan fingerprint density at radius 1 is 1.40 bits per heavy atom. The van der Waals surface area contributed by atoms with Crippen LogP contribution in [0.2, 0.25) is 0 Å². The summed E-state index contributed by atoms with van der Waals surface area (Å²) in [4.78, 5) is 16.6. The van der Waals surface area contributed by atoms with Gasteiger partial charge in [-0.3, -0.25) is 9.80 Å². The summed E-state index contributed by atoms with van der Waals surface area (Å²) in [6.07, 6.45) is 3.56. The van der Waals surface area contributed by atoms with E-state index in [4.69, 9.17) is 9.15 Å². The lowest BCUT2D eigenvalue weighted by molar-refractivity contribution is 0.229. The monoisotopic (exact) mass is 343 g/mol. The van der Waals surface area contributed by atoms with E-state index in [-0.39, 0.29) is 12.1 Å². The predicted molar refractivity (Wildman–Crippen MR) is 97.2 cm³/mol. The molecule has 6 nitrogen and oxygen atoms in total. The fourth-order valence-electron chi connectivity index (χ4n) is 3.21. The van der Waals surface area contributed by atoms with Crippen molar-refractivity contribution in [3.63, 3.8) is 0 Å². The van der Waals surface area contributed by atoms with Crippen molar-refractivity contribution in [1.29, 1.82) is 0 Å². The molecule has 1 aromatic heterocycles. The Kier molecular flexibility index (Phi) is 5.28. The number of aryl methyl sites for hydroxylation is 1. The molecule has 2 heterocycles. The SMILES string of the molecule is COc1ccc2c(c1)CCCN2C(=O)NC[C@H](c1ccco1)N(C)C. The smallest absolute Gasteiger partial charge is 0.321 e. The topological polar surface area (TPSA) is 58.0 Å². The summed E-state index contributed by atoms with van der Waals surface area (Å²) in [6, 6.07) is 9.59. The molecule has 0 aliphatic carbocycles. The van der Waals surface area contributed by atoms with Crippen molar-refractivity contribution < 1.29 is 13.9 Å². The lowest BCUT2D eigenvalue weighted by atomic mass is 10.0. The van der Waals surface area contributed by atoms with Crippen LogP contribution < -0.4 is 15.0 Å². The van der Waals surface area contributed by atoms with Gasteiger partial charge in [-0.2, -0.15) is 0 Å². The summed E-state index contributed by atoms with van der Waals surface area (Å²) < 4.78 is 10.8. The van der Waals surface area contributed by atoms with Crippen LogP contribution in [0.1, 0.15) is 23.8 Å². The van der Waals surface area contributed by atoms with Crippen molar-refractivity contribution in [2.75, 3.05) is 39.2 Å². The molecule has 0 saturated carbocycles. The lowest BCUT2D eigenvalue weighted by Gasteiger charge is -2.31. The summed E-state index contributed by atoms with van der Waals surface area (Å²) in [6.45, 7) is 1.21. The van der Waals surface area contributed by atoms with E-state index in [1.54, 1.807) is 13.4 Å². The second kappa shape index (κ2) is 7.61. The number of nitrogens with one attached hydrogen (secondary N) is 1. The Balaban J connectivity index is 1.70. The maximum Gasteiger partial charge on any atom is 0.321 e. The summed E-state index contributed by atoms with van der Waals surface area (Å²) in [5.41, 5.74) is 2.11. The Hall–Kier alpha value is -2.47. The minimum atomic E-state index is -0.0791. The molecule has 1 N–H and O–H groups in total. The Morgan fingerprint density at radius 3 is 2.92 bits per heavy atom. The number of furan rings is 1. The van der Waals surface area contributed by atoms with E-state index in [2.05, 4.69) is 5.32 Å². The highest BCUT2D eigenvalue weighted by Gasteiger charge is 2.24. The van der Waals surface area contributed by atoms with Gasteiger partial charge >= 0.3 is 6.03 Å². The molecule has 1 atom stereocenters. The molecule has 2 aromatic rings. The molecule has 3 rings (SSSR count). The molecule has 25 heavy (non-hydrogen) atoms. The Labute approximate surface area is 148 Å². The number of benzene rings is 1. The van der Waals surface area contributed by atoms with Crippen molar-refractivity contribution in [3.8, 4) is 5.75 Å². The minimum absolute atomic E-state index is 0.000853. The first kappa shape index (κ1) is 17.4. The van der Waals surface area contributed by atoms with Gasteiger partial charge in [-0.25, -0.2) is 4.79 Å². The number of urea groups is 1. The molecule has 0 fully saturated rings. The first-order valence-electron chi connectivity index (χ1n) is 8.52. The van der Waals surface area contributed by atoms with Crippen LogP contribution in [-0.2, 0) is 6.42 Å². The van der Waals surface area contributed by atoms with E-state index < -0.39 is 0 Å². The number of hydrogen-bond acceptors (Lipinski definition) is 4. The molecule has 6 heteroatoms. The second-order valence-corrected chi connectivity index (χ2v) is 6.43. The number of likely N-dealkylation sites (N-methyl/N-ethyl adjacent to an activating group) is 1. The first-order chi connectivity index (χ1) is 12.1. The number of anilines is 1. The molecule has 1 aliphatic rings. The fourth-order valence-corrected chi connectivity index (χ4v) is 3.21. The van der Waals surface area contributed by atoms with Crippen LogP contribution in [0.25, 0.3) is 0 Å². The van der Waals surface area contributed by atoms with Gasteiger partial charge in [-0.05, 0) is 62.8 Å². The van der Waals surface area contributed by atoms with Crippen molar-refractivity contribution in [2.24, 2.45) is 0 Å². The molecule has 2 amide bonds. The number of carbonyl (C=O) groups excluding carboxylic acids is 1. The van der Waals surface area contributed by atoms with Crippen molar-refractivity contribution in [3.05, 3.63) is 47.9 Å². The van der Waals surface area contributed by atoms with Gasteiger partial charge < -0.3 is 14.5 Å². The maximum atomic E-state index is 12.7. The van der Waals surface area contributed by atoms with Crippen LogP contribution >= 0.6 is 0 Å². The number of ether oxygens (including phenoxy) is 1. The summed E-state index contributed by atoms with van der Waals surface area (Å²) in [7, 11) is 5.61. The molecule has 1 aliphatic heterocycles. The number of methoxy groups -OCH3 is 1. The van der Waals surface area contributed by atoms with Crippen molar-refractivity contribution in [2.45, 2.75) is 18.9 Å². The number of amides is 2. The van der Waals surface area contributed by atoms with E-state index >= 15 is 0 Å². The molecule has 0 bridgehead atoms. The van der Waals surface area contributed by atoms with Crippen LogP contribution in [0.3, 0.4) is 0 Å². The van der Waals surface area contributed by atoms with Gasteiger partial charge in [0, 0.05) is 18.8 Å². The van der Waals surface area contributed by atoms with Crippen LogP contribution in [0, 0.1) is 0 Å². The van der Waals surface area contributed by atoms with E-state index in [1.165, 1.54) is 0 Å². The highest BCUT2D eigenvalue weighted by Crippen LogP contribution is 2.30. The zero-order valence-electron chi connectivity index (χ0n) is 15.0. The normalized spacial score (nSPS) is 15.0. The second-order valence-electron chi connectivity index (χ2n) is 6.43. The Bertz CT molecular complexity index is 713. The predicted octanol–water partition coefficient (Wildman–Crippen LogP) is 3.05. The van der Waals surface area contributed by atoms with Crippen LogP contribution in [-0.4, -0.2) is 45.2 Å². The molecule has 134 valence electrons. The molecule has 0 radical (unpaired) electrons. The number of hydrogen-bond donors (Lipinski definition) is 1. The van der Waals surface area contributed by atoms with Gasteiger partial charge in [0.15, 0.2) is 0 Å². The van der Waals surface area contributed by atoms with E-state index in [1.807, 2.05) is 54.2 Å². The van der Waals surface area contributed by atoms with E-state index in [9.17, 15) is 4.79 Å². The third kappa shape index (κ3) is 3.79.